The van der Waals surface area contributed by atoms with Crippen molar-refractivity contribution in [1.29, 1.82) is 0 Å². The third-order valence-electron chi connectivity index (χ3n) is 2.30. The molecule has 0 saturated carbocycles. The molecule has 0 saturated heterocycles. The number of hydrogen-bond donors (Lipinski definition) is 1. The molecule has 0 aliphatic carbocycles. The Morgan fingerprint density at radius 1 is 1.43 bits per heavy atom. The molecule has 14 heavy (non-hydrogen) atoms. The van der Waals surface area contributed by atoms with Crippen molar-refractivity contribution in [3.05, 3.63) is 24.2 Å². The molecule has 80 valence electrons. The SMILES string of the molecule is C[C@H](NCCC(C)(C)C)c1ccco1. The second-order valence-electron chi connectivity index (χ2n) is 5.00. The fourth-order valence-electron chi connectivity index (χ4n) is 1.30. The van der Waals surface area contributed by atoms with Crippen molar-refractivity contribution in [2.24, 2.45) is 5.41 Å². The van der Waals surface area contributed by atoms with Gasteiger partial charge in [0.15, 0.2) is 0 Å². The molecule has 0 bridgehead atoms. The zero-order chi connectivity index (χ0) is 10.6. The molecular formula is C12H21NO. The van der Waals surface area contributed by atoms with Crippen LogP contribution in [0.2, 0.25) is 0 Å². The first-order valence-corrected chi connectivity index (χ1v) is 5.26. The van der Waals surface area contributed by atoms with E-state index in [-0.39, 0.29) is 0 Å². The molecule has 1 aromatic heterocycles. The first kappa shape index (κ1) is 11.3. The van der Waals surface area contributed by atoms with Crippen molar-refractivity contribution in [2.75, 3.05) is 6.54 Å². The Labute approximate surface area is 86.7 Å². The van der Waals surface area contributed by atoms with Gasteiger partial charge in [0.2, 0.25) is 0 Å². The minimum absolute atomic E-state index is 0.312. The molecule has 1 atom stereocenters. The van der Waals surface area contributed by atoms with E-state index in [1.807, 2.05) is 12.1 Å². The second-order valence-corrected chi connectivity index (χ2v) is 5.00. The Balaban J connectivity index is 2.26. The van der Waals surface area contributed by atoms with Gasteiger partial charge in [0.05, 0.1) is 12.3 Å². The Morgan fingerprint density at radius 2 is 2.14 bits per heavy atom. The van der Waals surface area contributed by atoms with Gasteiger partial charge in [-0.3, -0.25) is 0 Å². The van der Waals surface area contributed by atoms with Crippen LogP contribution in [0.3, 0.4) is 0 Å². The molecule has 1 rings (SSSR count). The minimum atomic E-state index is 0.312. The van der Waals surface area contributed by atoms with Gasteiger partial charge in [-0.05, 0) is 37.4 Å². The smallest absolute Gasteiger partial charge is 0.120 e. The van der Waals surface area contributed by atoms with Gasteiger partial charge in [-0.1, -0.05) is 20.8 Å². The summed E-state index contributed by atoms with van der Waals surface area (Å²) in [5.41, 5.74) is 0.399. The quantitative estimate of drug-likeness (QED) is 0.797. The predicted octanol–water partition coefficient (Wildman–Crippen LogP) is 3.37. The highest BCUT2D eigenvalue weighted by Crippen LogP contribution is 2.18. The van der Waals surface area contributed by atoms with E-state index >= 15 is 0 Å². The van der Waals surface area contributed by atoms with E-state index in [4.69, 9.17) is 4.42 Å². The first-order chi connectivity index (χ1) is 6.49. The molecule has 1 N–H and O–H groups in total. The van der Waals surface area contributed by atoms with Gasteiger partial charge in [-0.25, -0.2) is 0 Å². The van der Waals surface area contributed by atoms with Crippen LogP contribution in [0.25, 0.3) is 0 Å². The lowest BCUT2D eigenvalue weighted by molar-refractivity contribution is 0.346. The van der Waals surface area contributed by atoms with Crippen LogP contribution in [0.1, 0.15) is 45.9 Å². The van der Waals surface area contributed by atoms with E-state index < -0.39 is 0 Å². The van der Waals surface area contributed by atoms with Crippen LogP contribution in [0.15, 0.2) is 22.8 Å². The van der Waals surface area contributed by atoms with Gasteiger partial charge < -0.3 is 9.73 Å². The molecule has 0 spiro atoms. The van der Waals surface area contributed by atoms with Crippen molar-refractivity contribution >= 4 is 0 Å². The highest BCUT2D eigenvalue weighted by atomic mass is 16.3. The van der Waals surface area contributed by atoms with Gasteiger partial charge in [-0.15, -0.1) is 0 Å². The minimum Gasteiger partial charge on any atom is -0.468 e. The zero-order valence-electron chi connectivity index (χ0n) is 9.63. The molecular weight excluding hydrogens is 174 g/mol. The molecule has 0 unspecified atom stereocenters. The summed E-state index contributed by atoms with van der Waals surface area (Å²) < 4.78 is 5.32. The average Bonchev–Trinajstić information content (AvgIpc) is 2.53. The van der Waals surface area contributed by atoms with Crippen LogP contribution in [0.4, 0.5) is 0 Å². The maximum atomic E-state index is 5.32. The number of rotatable bonds is 4. The molecule has 0 fully saturated rings. The second kappa shape index (κ2) is 4.65. The lowest BCUT2D eigenvalue weighted by Crippen LogP contribution is -2.23. The van der Waals surface area contributed by atoms with Crippen LogP contribution in [0, 0.1) is 5.41 Å². The van der Waals surface area contributed by atoms with Gasteiger partial charge >= 0.3 is 0 Å². The fraction of sp³-hybridized carbons (Fsp3) is 0.667. The maximum Gasteiger partial charge on any atom is 0.120 e. The van der Waals surface area contributed by atoms with Crippen LogP contribution in [-0.2, 0) is 0 Å². The molecule has 2 nitrogen and oxygen atoms in total. The van der Waals surface area contributed by atoms with Crippen LogP contribution < -0.4 is 5.32 Å². The topological polar surface area (TPSA) is 25.2 Å². The highest BCUT2D eigenvalue weighted by molar-refractivity contribution is 5.02. The third-order valence-corrected chi connectivity index (χ3v) is 2.30. The maximum absolute atomic E-state index is 5.32. The summed E-state index contributed by atoms with van der Waals surface area (Å²) in [6.45, 7) is 9.93. The van der Waals surface area contributed by atoms with Crippen molar-refractivity contribution in [3.63, 3.8) is 0 Å². The predicted molar refractivity (Wildman–Crippen MR) is 59.2 cm³/mol. The summed E-state index contributed by atoms with van der Waals surface area (Å²) in [4.78, 5) is 0. The van der Waals surface area contributed by atoms with Crippen molar-refractivity contribution in [3.8, 4) is 0 Å². The normalized spacial score (nSPS) is 14.3. The summed E-state index contributed by atoms with van der Waals surface area (Å²) in [5, 5.41) is 3.45. The zero-order valence-corrected chi connectivity index (χ0v) is 9.63. The van der Waals surface area contributed by atoms with E-state index in [0.29, 0.717) is 11.5 Å². The molecule has 0 amide bonds. The van der Waals surface area contributed by atoms with Crippen LogP contribution in [-0.4, -0.2) is 6.54 Å². The lowest BCUT2D eigenvalue weighted by atomic mass is 9.92. The Morgan fingerprint density at radius 3 is 2.64 bits per heavy atom. The van der Waals surface area contributed by atoms with Crippen LogP contribution >= 0.6 is 0 Å². The summed E-state index contributed by atoms with van der Waals surface area (Å²) in [6.07, 6.45) is 2.90. The Kier molecular flexibility index (Phi) is 3.76. The molecule has 0 aliphatic heterocycles. The third kappa shape index (κ3) is 3.97. The Hall–Kier alpha value is -0.760. The van der Waals surface area contributed by atoms with E-state index in [1.165, 1.54) is 6.42 Å². The standard InChI is InChI=1S/C12H21NO/c1-10(11-6-5-9-14-11)13-8-7-12(2,3)4/h5-6,9-10,13H,7-8H2,1-4H3/t10-/m0/s1. The first-order valence-electron chi connectivity index (χ1n) is 5.26. The molecule has 0 aliphatic rings. The lowest BCUT2D eigenvalue weighted by Gasteiger charge is -2.19. The van der Waals surface area contributed by atoms with Gasteiger partial charge in [0, 0.05) is 0 Å². The van der Waals surface area contributed by atoms with Gasteiger partial charge in [0.1, 0.15) is 5.76 Å². The summed E-state index contributed by atoms with van der Waals surface area (Å²) >= 11 is 0. The number of hydrogen-bond acceptors (Lipinski definition) is 2. The van der Waals surface area contributed by atoms with Crippen LogP contribution in [0.5, 0.6) is 0 Å². The molecule has 1 heterocycles. The van der Waals surface area contributed by atoms with E-state index in [0.717, 1.165) is 12.3 Å². The molecule has 0 radical (unpaired) electrons. The van der Waals surface area contributed by atoms with E-state index in [1.54, 1.807) is 6.26 Å². The summed E-state index contributed by atoms with van der Waals surface area (Å²) in [5.74, 6) is 1.01. The average molecular weight is 195 g/mol. The van der Waals surface area contributed by atoms with E-state index in [9.17, 15) is 0 Å². The monoisotopic (exact) mass is 195 g/mol. The van der Waals surface area contributed by atoms with Crippen molar-refractivity contribution in [1.82, 2.24) is 5.32 Å². The summed E-state index contributed by atoms with van der Waals surface area (Å²) in [6, 6.07) is 4.25. The van der Waals surface area contributed by atoms with Crippen molar-refractivity contribution < 1.29 is 4.42 Å². The van der Waals surface area contributed by atoms with E-state index in [2.05, 4.69) is 33.0 Å². The molecule has 0 aromatic carbocycles. The summed E-state index contributed by atoms with van der Waals surface area (Å²) in [7, 11) is 0. The molecule has 2 heteroatoms. The Bertz CT molecular complexity index is 246. The van der Waals surface area contributed by atoms with Crippen molar-refractivity contribution in [2.45, 2.75) is 40.2 Å². The number of nitrogens with one attached hydrogen (secondary N) is 1. The van der Waals surface area contributed by atoms with Gasteiger partial charge in [0.25, 0.3) is 0 Å². The van der Waals surface area contributed by atoms with Gasteiger partial charge in [-0.2, -0.15) is 0 Å². The fourth-order valence-corrected chi connectivity index (χ4v) is 1.30. The molecule has 1 aromatic rings. The highest BCUT2D eigenvalue weighted by Gasteiger charge is 2.11. The number of furan rings is 1. The largest absolute Gasteiger partial charge is 0.468 e.